The summed E-state index contributed by atoms with van der Waals surface area (Å²) in [5.74, 6) is 0.859. The van der Waals surface area contributed by atoms with Crippen LogP contribution in [0.5, 0.6) is 5.75 Å². The lowest BCUT2D eigenvalue weighted by molar-refractivity contribution is 0.102. The Morgan fingerprint density at radius 3 is 2.40 bits per heavy atom. The molecule has 3 rings (SSSR count). The Balaban J connectivity index is 1.86. The Morgan fingerprint density at radius 2 is 1.80 bits per heavy atom. The average molecular weight is 289 g/mol. The number of hydrogen-bond acceptors (Lipinski definition) is 2. The third-order valence-corrected chi connectivity index (χ3v) is 3.87. The molecule has 20 heavy (non-hydrogen) atoms. The molecular weight excluding hydrogens is 272 g/mol. The van der Waals surface area contributed by atoms with E-state index in [1.165, 1.54) is 0 Å². The van der Waals surface area contributed by atoms with Crippen LogP contribution < -0.4 is 4.74 Å². The third-order valence-electron chi connectivity index (χ3n) is 3.63. The van der Waals surface area contributed by atoms with Crippen LogP contribution >= 0.6 is 11.6 Å². The number of hydrogen-bond donors (Lipinski definition) is 1. The Morgan fingerprint density at radius 1 is 1.10 bits per heavy atom. The molecule has 1 atom stereocenters. The molecule has 1 fully saturated rings. The van der Waals surface area contributed by atoms with E-state index in [9.17, 15) is 5.11 Å². The molecule has 2 aromatic rings. The van der Waals surface area contributed by atoms with E-state index < -0.39 is 5.60 Å². The highest BCUT2D eigenvalue weighted by atomic mass is 35.5. The van der Waals surface area contributed by atoms with E-state index in [1.54, 1.807) is 19.1 Å². The van der Waals surface area contributed by atoms with Crippen LogP contribution in [0.25, 0.3) is 0 Å². The second-order valence-electron chi connectivity index (χ2n) is 5.42. The van der Waals surface area contributed by atoms with E-state index >= 15 is 0 Å². The molecule has 0 spiro atoms. The van der Waals surface area contributed by atoms with Crippen LogP contribution in [-0.2, 0) is 5.60 Å². The fourth-order valence-electron chi connectivity index (χ4n) is 2.19. The van der Waals surface area contributed by atoms with Gasteiger partial charge in [-0.25, -0.2) is 0 Å². The largest absolute Gasteiger partial charge is 0.490 e. The highest BCUT2D eigenvalue weighted by Crippen LogP contribution is 2.33. The first kappa shape index (κ1) is 13.5. The van der Waals surface area contributed by atoms with Crippen LogP contribution in [0, 0.1) is 0 Å². The molecule has 0 amide bonds. The van der Waals surface area contributed by atoms with Crippen LogP contribution in [0.15, 0.2) is 48.5 Å². The van der Waals surface area contributed by atoms with Gasteiger partial charge in [0.25, 0.3) is 0 Å². The zero-order valence-corrected chi connectivity index (χ0v) is 12.1. The van der Waals surface area contributed by atoms with Crippen LogP contribution in [0.4, 0.5) is 0 Å². The van der Waals surface area contributed by atoms with Gasteiger partial charge in [-0.05, 0) is 55.2 Å². The van der Waals surface area contributed by atoms with Crippen molar-refractivity contribution in [3.63, 3.8) is 0 Å². The molecule has 1 unspecified atom stereocenters. The first-order valence-electron chi connectivity index (χ1n) is 6.81. The van der Waals surface area contributed by atoms with Gasteiger partial charge in [-0.3, -0.25) is 0 Å². The molecule has 0 radical (unpaired) electrons. The maximum atomic E-state index is 10.8. The number of aliphatic hydroxyl groups is 1. The van der Waals surface area contributed by atoms with Gasteiger partial charge in [-0.15, -0.1) is 0 Å². The van der Waals surface area contributed by atoms with E-state index in [4.69, 9.17) is 16.3 Å². The Hall–Kier alpha value is -1.51. The fourth-order valence-corrected chi connectivity index (χ4v) is 2.38. The topological polar surface area (TPSA) is 29.5 Å². The summed E-state index contributed by atoms with van der Waals surface area (Å²) >= 11 is 6.00. The number of halogens is 1. The Kier molecular flexibility index (Phi) is 3.45. The summed E-state index contributed by atoms with van der Waals surface area (Å²) in [6.45, 7) is 1.77. The molecule has 104 valence electrons. The molecule has 1 N–H and O–H groups in total. The van der Waals surface area contributed by atoms with Crippen molar-refractivity contribution in [3.8, 4) is 5.75 Å². The van der Waals surface area contributed by atoms with Gasteiger partial charge in [0.15, 0.2) is 0 Å². The highest BCUT2D eigenvalue weighted by Gasteiger charge is 2.27. The van der Waals surface area contributed by atoms with Gasteiger partial charge >= 0.3 is 0 Å². The smallest absolute Gasteiger partial charge is 0.119 e. The maximum absolute atomic E-state index is 10.8. The van der Waals surface area contributed by atoms with Crippen molar-refractivity contribution in [2.45, 2.75) is 31.5 Å². The molecule has 0 saturated heterocycles. The summed E-state index contributed by atoms with van der Waals surface area (Å²) in [6.07, 6.45) is 2.67. The predicted octanol–water partition coefficient (Wildman–Crippen LogP) is 4.14. The Bertz CT molecular complexity index is 601. The lowest BCUT2D eigenvalue weighted by Gasteiger charge is -2.25. The van der Waals surface area contributed by atoms with Crippen molar-refractivity contribution in [1.82, 2.24) is 0 Å². The van der Waals surface area contributed by atoms with Crippen molar-refractivity contribution in [3.05, 3.63) is 64.7 Å². The number of ether oxygens (including phenoxy) is 1. The summed E-state index contributed by atoms with van der Waals surface area (Å²) in [5.41, 5.74) is 0.534. The number of benzene rings is 2. The number of rotatable bonds is 4. The van der Waals surface area contributed by atoms with Gasteiger partial charge in [0.2, 0.25) is 0 Å². The van der Waals surface area contributed by atoms with Crippen LogP contribution in [-0.4, -0.2) is 11.2 Å². The van der Waals surface area contributed by atoms with Crippen molar-refractivity contribution in [2.24, 2.45) is 0 Å². The summed E-state index contributed by atoms with van der Waals surface area (Å²) in [4.78, 5) is 0. The molecule has 0 bridgehead atoms. The summed E-state index contributed by atoms with van der Waals surface area (Å²) in [7, 11) is 0. The van der Waals surface area contributed by atoms with Crippen LogP contribution in [0.2, 0.25) is 5.02 Å². The van der Waals surface area contributed by atoms with Crippen LogP contribution in [0.1, 0.15) is 30.9 Å². The van der Waals surface area contributed by atoms with Crippen molar-refractivity contribution >= 4 is 11.6 Å². The monoisotopic (exact) mass is 288 g/mol. The van der Waals surface area contributed by atoms with Gasteiger partial charge in [0.05, 0.1) is 6.10 Å². The van der Waals surface area contributed by atoms with E-state index in [1.807, 2.05) is 36.4 Å². The summed E-state index contributed by atoms with van der Waals surface area (Å²) in [6, 6.07) is 14.9. The minimum absolute atomic E-state index is 0.384. The molecule has 1 saturated carbocycles. The fraction of sp³-hybridized carbons (Fsp3) is 0.294. The maximum Gasteiger partial charge on any atom is 0.119 e. The first-order valence-corrected chi connectivity index (χ1v) is 7.19. The highest BCUT2D eigenvalue weighted by molar-refractivity contribution is 6.30. The zero-order valence-electron chi connectivity index (χ0n) is 11.3. The third kappa shape index (κ3) is 2.82. The Labute approximate surface area is 124 Å². The van der Waals surface area contributed by atoms with E-state index in [0.29, 0.717) is 11.1 Å². The summed E-state index contributed by atoms with van der Waals surface area (Å²) < 4.78 is 5.72. The molecular formula is C17H17ClO2. The van der Waals surface area contributed by atoms with Gasteiger partial charge in [-0.1, -0.05) is 35.9 Å². The predicted molar refractivity (Wildman–Crippen MR) is 80.2 cm³/mol. The minimum Gasteiger partial charge on any atom is -0.490 e. The quantitative estimate of drug-likeness (QED) is 0.916. The summed E-state index contributed by atoms with van der Waals surface area (Å²) in [5, 5.41) is 11.4. The zero-order chi connectivity index (χ0) is 14.2. The molecule has 0 heterocycles. The van der Waals surface area contributed by atoms with Crippen molar-refractivity contribution in [1.29, 1.82) is 0 Å². The lowest BCUT2D eigenvalue weighted by atomic mass is 9.88. The van der Waals surface area contributed by atoms with Gasteiger partial charge in [0, 0.05) is 5.02 Å². The molecule has 2 aromatic carbocycles. The molecule has 1 aliphatic carbocycles. The minimum atomic E-state index is -1.07. The molecule has 3 heteroatoms. The van der Waals surface area contributed by atoms with Gasteiger partial charge in [-0.2, -0.15) is 0 Å². The second-order valence-corrected chi connectivity index (χ2v) is 5.86. The van der Waals surface area contributed by atoms with Crippen molar-refractivity contribution in [2.75, 3.05) is 0 Å². The molecule has 0 aromatic heterocycles. The second kappa shape index (κ2) is 5.12. The molecule has 1 aliphatic rings. The van der Waals surface area contributed by atoms with E-state index in [-0.39, 0.29) is 0 Å². The van der Waals surface area contributed by atoms with E-state index in [0.717, 1.165) is 29.7 Å². The standard InChI is InChI=1S/C17H17ClO2/c1-17(19,13-3-2-4-14(18)11-13)12-5-7-15(8-6-12)20-16-9-10-16/h2-8,11,16,19H,9-10H2,1H3. The van der Waals surface area contributed by atoms with Gasteiger partial charge < -0.3 is 9.84 Å². The van der Waals surface area contributed by atoms with Gasteiger partial charge in [0.1, 0.15) is 11.4 Å². The van der Waals surface area contributed by atoms with E-state index in [2.05, 4.69) is 0 Å². The first-order chi connectivity index (χ1) is 9.55. The average Bonchev–Trinajstić information content (AvgIpc) is 3.23. The van der Waals surface area contributed by atoms with Crippen LogP contribution in [0.3, 0.4) is 0 Å². The SMILES string of the molecule is CC(O)(c1ccc(OC2CC2)cc1)c1cccc(Cl)c1. The van der Waals surface area contributed by atoms with Crippen molar-refractivity contribution < 1.29 is 9.84 Å². The molecule has 2 nitrogen and oxygen atoms in total. The molecule has 0 aliphatic heterocycles. The normalized spacial score (nSPS) is 17.6. The lowest BCUT2D eigenvalue weighted by Crippen LogP contribution is -2.22.